The highest BCUT2D eigenvalue weighted by Crippen LogP contribution is 2.31. The van der Waals surface area contributed by atoms with E-state index in [9.17, 15) is 24.0 Å². The van der Waals surface area contributed by atoms with E-state index in [1.54, 1.807) is 36.4 Å². The van der Waals surface area contributed by atoms with Crippen LogP contribution >= 0.6 is 0 Å². The van der Waals surface area contributed by atoms with E-state index in [4.69, 9.17) is 26.8 Å². The van der Waals surface area contributed by atoms with Gasteiger partial charge in [-0.3, -0.25) is 19.2 Å². The summed E-state index contributed by atoms with van der Waals surface area (Å²) in [5.74, 6) is -3.88. The van der Waals surface area contributed by atoms with Gasteiger partial charge in [0.05, 0.1) is 11.6 Å². The number of carbonyl (C=O) groups excluding carboxylic acids is 2. The number of unbranched alkanes of at least 4 members (excludes halogenated alkanes) is 1. The number of esters is 1. The van der Waals surface area contributed by atoms with Gasteiger partial charge in [-0.2, -0.15) is 0 Å². The molecule has 1 aromatic heterocycles. The second-order valence-electron chi connectivity index (χ2n) is 9.29. The zero-order valence-corrected chi connectivity index (χ0v) is 23.1. The Morgan fingerprint density at radius 3 is 2.14 bits per heavy atom. The molecule has 7 N–H and O–H groups in total. The molecule has 0 aliphatic carbocycles. The van der Waals surface area contributed by atoms with Crippen molar-refractivity contribution in [3.63, 3.8) is 0 Å². The van der Waals surface area contributed by atoms with Crippen molar-refractivity contribution in [2.45, 2.75) is 51.1 Å². The van der Waals surface area contributed by atoms with Crippen LogP contribution in [0.4, 0.5) is 0 Å². The van der Waals surface area contributed by atoms with Gasteiger partial charge in [-0.1, -0.05) is 48.9 Å². The lowest BCUT2D eigenvalue weighted by atomic mass is 10.1. The Hall–Kier alpha value is -4.81. The molecule has 4 rings (SSSR count). The zero-order chi connectivity index (χ0) is 31.2. The number of carboxylic acids is 3. The summed E-state index contributed by atoms with van der Waals surface area (Å²) in [7, 11) is 0. The van der Waals surface area contributed by atoms with Gasteiger partial charge >= 0.3 is 23.9 Å². The Morgan fingerprint density at radius 2 is 1.57 bits per heavy atom. The van der Waals surface area contributed by atoms with Gasteiger partial charge in [0, 0.05) is 24.7 Å². The number of benzene rings is 2. The van der Waals surface area contributed by atoms with Crippen molar-refractivity contribution in [3.05, 3.63) is 89.2 Å². The predicted octanol–water partition coefficient (Wildman–Crippen LogP) is 3.13. The Labute approximate surface area is 242 Å². The number of nitrogens with two attached hydrogens (primary N) is 2. The monoisotopic (exact) mass is 581 g/mol. The van der Waals surface area contributed by atoms with E-state index < -0.39 is 35.8 Å². The van der Waals surface area contributed by atoms with Crippen molar-refractivity contribution in [2.75, 3.05) is 6.54 Å². The second kappa shape index (κ2) is 16.5. The second-order valence-corrected chi connectivity index (χ2v) is 9.29. The quantitative estimate of drug-likeness (QED) is 0.101. The molecule has 0 saturated carbocycles. The van der Waals surface area contributed by atoms with Crippen LogP contribution in [0.5, 0.6) is 5.75 Å². The molecule has 2 heterocycles. The minimum atomic E-state index is -1.11. The number of carboxylic acid groups (broad SMARTS) is 3. The van der Waals surface area contributed by atoms with Gasteiger partial charge in [-0.25, -0.2) is 4.79 Å². The summed E-state index contributed by atoms with van der Waals surface area (Å²) in [6, 6.07) is 17.8. The van der Waals surface area contributed by atoms with Crippen LogP contribution in [0.2, 0.25) is 0 Å². The van der Waals surface area contributed by atoms with Crippen LogP contribution in [0.1, 0.15) is 70.6 Å². The fourth-order valence-corrected chi connectivity index (χ4v) is 4.15. The summed E-state index contributed by atoms with van der Waals surface area (Å²) in [5, 5.41) is 26.1. The minimum Gasteiger partial charge on any atom is -0.481 e. The lowest BCUT2D eigenvalue weighted by Gasteiger charge is -2.05. The molecule has 0 saturated heterocycles. The van der Waals surface area contributed by atoms with Gasteiger partial charge in [0.1, 0.15) is 17.4 Å². The van der Waals surface area contributed by atoms with E-state index in [2.05, 4.69) is 4.74 Å². The summed E-state index contributed by atoms with van der Waals surface area (Å²) in [6.45, 7) is 2.41. The highest BCUT2D eigenvalue weighted by Gasteiger charge is 2.31. The lowest BCUT2D eigenvalue weighted by molar-refractivity contribution is -0.139. The van der Waals surface area contributed by atoms with Crippen LogP contribution in [-0.2, 0) is 20.9 Å². The van der Waals surface area contributed by atoms with Crippen LogP contribution in [0.15, 0.2) is 66.7 Å². The standard InChI is InChI=1S/C15H13NO3.C9H8O4.C6H14N2O2/c17-14(10-4-2-1-3-5-10)13-7-6-12-11(15(18)19)8-9-16(12)13;1-6(10)13-8-5-3-2-4-7(8)9(11)12;7-4-2-1-3-5(8)6(9)10/h1-7,11H,8-9H2,(H,18,19);2-5H,1H3,(H,11,12);5H,1-4,7-8H2,(H,9,10)/t;;5-/m..0/s1. The summed E-state index contributed by atoms with van der Waals surface area (Å²) in [6.07, 6.45) is 2.72. The van der Waals surface area contributed by atoms with Gasteiger partial charge < -0.3 is 36.1 Å². The average molecular weight is 582 g/mol. The molecule has 1 aliphatic rings. The largest absolute Gasteiger partial charge is 0.481 e. The highest BCUT2D eigenvalue weighted by molar-refractivity contribution is 6.08. The maximum Gasteiger partial charge on any atom is 0.339 e. The number of rotatable bonds is 10. The van der Waals surface area contributed by atoms with Crippen LogP contribution in [0, 0.1) is 0 Å². The maximum absolute atomic E-state index is 12.4. The molecule has 0 spiro atoms. The van der Waals surface area contributed by atoms with E-state index in [-0.39, 0.29) is 17.1 Å². The number of carbonyl (C=O) groups is 5. The van der Waals surface area contributed by atoms with Gasteiger partial charge in [0.2, 0.25) is 5.78 Å². The molecule has 0 fully saturated rings. The molecule has 1 aliphatic heterocycles. The third kappa shape index (κ3) is 9.68. The maximum atomic E-state index is 12.4. The number of para-hydroxylation sites is 1. The molecule has 0 radical (unpaired) electrons. The van der Waals surface area contributed by atoms with E-state index in [0.717, 1.165) is 18.5 Å². The Bertz CT molecular complexity index is 1390. The van der Waals surface area contributed by atoms with Crippen molar-refractivity contribution < 1.29 is 44.0 Å². The first-order valence-electron chi connectivity index (χ1n) is 13.2. The van der Waals surface area contributed by atoms with Crippen molar-refractivity contribution in [1.82, 2.24) is 4.57 Å². The third-order valence-electron chi connectivity index (χ3n) is 6.24. The fraction of sp³-hybridized carbons (Fsp3) is 0.300. The molecule has 0 amide bonds. The summed E-state index contributed by atoms with van der Waals surface area (Å²) in [4.78, 5) is 54.8. The zero-order valence-electron chi connectivity index (χ0n) is 23.1. The number of ketones is 1. The average Bonchev–Trinajstić information content (AvgIpc) is 3.56. The number of hydrogen-bond donors (Lipinski definition) is 5. The Morgan fingerprint density at radius 1 is 0.929 bits per heavy atom. The number of hydrogen-bond acceptors (Lipinski definition) is 8. The van der Waals surface area contributed by atoms with Gasteiger partial charge in [0.15, 0.2) is 0 Å². The Balaban J connectivity index is 0.000000235. The molecular formula is C30H35N3O9. The molecule has 42 heavy (non-hydrogen) atoms. The van der Waals surface area contributed by atoms with E-state index in [1.165, 1.54) is 19.1 Å². The van der Waals surface area contributed by atoms with Crippen molar-refractivity contribution >= 4 is 29.7 Å². The molecule has 12 heteroatoms. The van der Waals surface area contributed by atoms with Crippen LogP contribution in [-0.4, -0.2) is 62.1 Å². The molecule has 12 nitrogen and oxygen atoms in total. The fourth-order valence-electron chi connectivity index (χ4n) is 4.15. The summed E-state index contributed by atoms with van der Waals surface area (Å²) < 4.78 is 6.51. The summed E-state index contributed by atoms with van der Waals surface area (Å²) >= 11 is 0. The highest BCUT2D eigenvalue weighted by atomic mass is 16.5. The van der Waals surface area contributed by atoms with E-state index in [0.29, 0.717) is 37.2 Å². The molecule has 2 atom stereocenters. The SMILES string of the molecule is CC(=O)Oc1ccccc1C(=O)O.NCCCC[C@H](N)C(=O)O.O=C(c1ccccc1)c1ccc2n1CCC2C(=O)O. The first-order valence-corrected chi connectivity index (χ1v) is 13.2. The van der Waals surface area contributed by atoms with Crippen LogP contribution in [0.25, 0.3) is 0 Å². The number of aliphatic carboxylic acids is 2. The van der Waals surface area contributed by atoms with Crippen molar-refractivity contribution in [1.29, 1.82) is 0 Å². The topological polar surface area (TPSA) is 212 Å². The summed E-state index contributed by atoms with van der Waals surface area (Å²) in [5.41, 5.74) is 12.3. The molecule has 3 aromatic rings. The number of aromatic carboxylic acids is 1. The normalized spacial score (nSPS) is 13.7. The van der Waals surface area contributed by atoms with Crippen LogP contribution in [0.3, 0.4) is 0 Å². The van der Waals surface area contributed by atoms with Crippen molar-refractivity contribution in [3.8, 4) is 5.75 Å². The smallest absolute Gasteiger partial charge is 0.339 e. The minimum absolute atomic E-state index is 0.0160. The van der Waals surface area contributed by atoms with Gasteiger partial charge in [-0.05, 0) is 50.1 Å². The number of fused-ring (bicyclic) bond motifs is 1. The first-order chi connectivity index (χ1) is 20.0. The molecule has 0 bridgehead atoms. The van der Waals surface area contributed by atoms with Gasteiger partial charge in [0.25, 0.3) is 0 Å². The molecular weight excluding hydrogens is 546 g/mol. The van der Waals surface area contributed by atoms with E-state index >= 15 is 0 Å². The van der Waals surface area contributed by atoms with Crippen molar-refractivity contribution in [2.24, 2.45) is 11.5 Å². The molecule has 224 valence electrons. The number of nitrogens with zero attached hydrogens (tertiary/aromatic N) is 1. The van der Waals surface area contributed by atoms with E-state index in [1.807, 2.05) is 22.8 Å². The molecule has 1 unspecified atom stereocenters. The van der Waals surface area contributed by atoms with Gasteiger partial charge in [-0.15, -0.1) is 0 Å². The number of ether oxygens (including phenoxy) is 1. The first kappa shape index (κ1) is 33.4. The Kier molecular flexibility index (Phi) is 13.1. The lowest BCUT2D eigenvalue weighted by Crippen LogP contribution is -2.29. The molecule has 2 aromatic carbocycles. The third-order valence-corrected chi connectivity index (χ3v) is 6.24. The predicted molar refractivity (Wildman–Crippen MR) is 153 cm³/mol. The van der Waals surface area contributed by atoms with Crippen LogP contribution < -0.4 is 16.2 Å². The number of aromatic nitrogens is 1.